The molecule has 1 aliphatic rings. The molecule has 0 bridgehead atoms. The van der Waals surface area contributed by atoms with E-state index in [2.05, 4.69) is 0 Å². The lowest BCUT2D eigenvalue weighted by Gasteiger charge is -2.34. The lowest BCUT2D eigenvalue weighted by atomic mass is 10.1. The second-order valence-electron chi connectivity index (χ2n) is 4.52. The van der Waals surface area contributed by atoms with E-state index in [9.17, 15) is 9.59 Å². The lowest BCUT2D eigenvalue weighted by Crippen LogP contribution is -2.47. The number of nitrogens with zero attached hydrogens (tertiary/aromatic N) is 2. The number of thioether (sulfide) groups is 1. The molecule has 1 aliphatic heterocycles. The van der Waals surface area contributed by atoms with Gasteiger partial charge in [-0.25, -0.2) is 0 Å². The molecule has 0 aromatic heterocycles. The van der Waals surface area contributed by atoms with E-state index in [4.69, 9.17) is 10.4 Å². The van der Waals surface area contributed by atoms with Crippen LogP contribution in [0.25, 0.3) is 0 Å². The number of carboxylic acid groups (broad SMARTS) is 1. The van der Waals surface area contributed by atoms with Gasteiger partial charge in [-0.3, -0.25) is 9.59 Å². The molecule has 1 amide bonds. The Labute approximate surface area is 121 Å². The highest BCUT2D eigenvalue weighted by molar-refractivity contribution is 7.99. The van der Waals surface area contributed by atoms with E-state index in [1.165, 1.54) is 0 Å². The van der Waals surface area contributed by atoms with Crippen LogP contribution in [0.1, 0.15) is 22.3 Å². The summed E-state index contributed by atoms with van der Waals surface area (Å²) in [5.74, 6) is 0.338. The first-order valence-corrected chi connectivity index (χ1v) is 7.38. The van der Waals surface area contributed by atoms with Crippen molar-refractivity contribution in [2.75, 3.05) is 18.1 Å². The zero-order chi connectivity index (χ0) is 14.5. The Morgan fingerprint density at radius 1 is 1.50 bits per heavy atom. The summed E-state index contributed by atoms with van der Waals surface area (Å²) in [6, 6.07) is 8.21. The molecule has 1 atom stereocenters. The lowest BCUT2D eigenvalue weighted by molar-refractivity contribution is -0.138. The average molecular weight is 290 g/mol. The Balaban J connectivity index is 2.20. The van der Waals surface area contributed by atoms with Gasteiger partial charge in [-0.2, -0.15) is 17.0 Å². The van der Waals surface area contributed by atoms with Gasteiger partial charge in [-0.05, 0) is 18.2 Å². The van der Waals surface area contributed by atoms with Crippen LogP contribution in [0, 0.1) is 11.3 Å². The number of hydrogen-bond acceptors (Lipinski definition) is 4. The van der Waals surface area contributed by atoms with Gasteiger partial charge in [0.1, 0.15) is 0 Å². The van der Waals surface area contributed by atoms with Gasteiger partial charge in [0, 0.05) is 23.6 Å². The predicted molar refractivity (Wildman–Crippen MR) is 75.6 cm³/mol. The summed E-state index contributed by atoms with van der Waals surface area (Å²) in [6.45, 7) is 0.540. The van der Waals surface area contributed by atoms with Crippen LogP contribution in [-0.2, 0) is 4.79 Å². The van der Waals surface area contributed by atoms with Gasteiger partial charge in [0.15, 0.2) is 0 Å². The quantitative estimate of drug-likeness (QED) is 0.914. The van der Waals surface area contributed by atoms with Gasteiger partial charge >= 0.3 is 5.97 Å². The van der Waals surface area contributed by atoms with Gasteiger partial charge in [0.2, 0.25) is 0 Å². The van der Waals surface area contributed by atoms with Gasteiger partial charge < -0.3 is 10.0 Å². The number of benzene rings is 1. The minimum Gasteiger partial charge on any atom is -0.481 e. The molecule has 1 fully saturated rings. The van der Waals surface area contributed by atoms with Crippen molar-refractivity contribution in [1.29, 1.82) is 5.26 Å². The summed E-state index contributed by atoms with van der Waals surface area (Å²) in [5, 5.41) is 17.8. The van der Waals surface area contributed by atoms with E-state index in [-0.39, 0.29) is 18.4 Å². The third kappa shape index (κ3) is 3.31. The maximum absolute atomic E-state index is 12.5. The van der Waals surface area contributed by atoms with Gasteiger partial charge in [0.05, 0.1) is 24.1 Å². The highest BCUT2D eigenvalue weighted by Crippen LogP contribution is 2.21. The van der Waals surface area contributed by atoms with Crippen LogP contribution in [0.15, 0.2) is 24.3 Å². The summed E-state index contributed by atoms with van der Waals surface area (Å²) >= 11 is 1.66. The third-order valence-corrected chi connectivity index (χ3v) is 4.23. The summed E-state index contributed by atoms with van der Waals surface area (Å²) in [6.07, 6.45) is -0.0450. The SMILES string of the molecule is N#Cc1cccc(C(=O)N2CCSCC2CC(=O)O)c1. The topological polar surface area (TPSA) is 81.4 Å². The van der Waals surface area contributed by atoms with Gasteiger partial charge in [-0.1, -0.05) is 6.07 Å². The van der Waals surface area contributed by atoms with Crippen LogP contribution in [-0.4, -0.2) is 46.0 Å². The van der Waals surface area contributed by atoms with E-state index in [1.54, 1.807) is 40.9 Å². The first kappa shape index (κ1) is 14.4. The number of amides is 1. The molecule has 0 radical (unpaired) electrons. The molecule has 5 nitrogen and oxygen atoms in total. The highest BCUT2D eigenvalue weighted by Gasteiger charge is 2.29. The first-order valence-electron chi connectivity index (χ1n) is 6.22. The molecular weight excluding hydrogens is 276 g/mol. The predicted octanol–water partition coefficient (Wildman–Crippen LogP) is 1.59. The molecule has 2 rings (SSSR count). The van der Waals surface area contributed by atoms with Crippen molar-refractivity contribution in [3.63, 3.8) is 0 Å². The zero-order valence-electron chi connectivity index (χ0n) is 10.8. The van der Waals surface area contributed by atoms with Crippen LogP contribution in [0.4, 0.5) is 0 Å². The molecule has 1 aromatic carbocycles. The number of rotatable bonds is 3. The third-order valence-electron chi connectivity index (χ3n) is 3.14. The van der Waals surface area contributed by atoms with Crippen molar-refractivity contribution < 1.29 is 14.7 Å². The fourth-order valence-corrected chi connectivity index (χ4v) is 3.24. The summed E-state index contributed by atoms with van der Waals surface area (Å²) in [7, 11) is 0. The minimum atomic E-state index is -0.902. The van der Waals surface area contributed by atoms with Crippen molar-refractivity contribution in [1.82, 2.24) is 4.90 Å². The number of carbonyl (C=O) groups is 2. The molecule has 0 spiro atoms. The first-order chi connectivity index (χ1) is 9.61. The van der Waals surface area contributed by atoms with Gasteiger partial charge in [-0.15, -0.1) is 0 Å². The fraction of sp³-hybridized carbons (Fsp3) is 0.357. The molecule has 1 heterocycles. The normalized spacial score (nSPS) is 18.4. The van der Waals surface area contributed by atoms with Crippen LogP contribution >= 0.6 is 11.8 Å². The molecule has 0 aliphatic carbocycles. The molecule has 104 valence electrons. The van der Waals surface area contributed by atoms with Crippen LogP contribution in [0.2, 0.25) is 0 Å². The Morgan fingerprint density at radius 2 is 2.30 bits per heavy atom. The second kappa shape index (κ2) is 6.44. The second-order valence-corrected chi connectivity index (χ2v) is 5.67. The monoisotopic (exact) mass is 290 g/mol. The van der Waals surface area contributed by atoms with Crippen LogP contribution in [0.3, 0.4) is 0 Å². The smallest absolute Gasteiger partial charge is 0.305 e. The number of aliphatic carboxylic acids is 1. The molecule has 20 heavy (non-hydrogen) atoms. The van der Waals surface area contributed by atoms with Gasteiger partial charge in [0.25, 0.3) is 5.91 Å². The summed E-state index contributed by atoms with van der Waals surface area (Å²) in [5.41, 5.74) is 0.864. The van der Waals surface area contributed by atoms with Crippen LogP contribution in [0.5, 0.6) is 0 Å². The number of carboxylic acids is 1. The largest absolute Gasteiger partial charge is 0.481 e. The van der Waals surface area contributed by atoms with E-state index in [0.717, 1.165) is 5.75 Å². The number of hydrogen-bond donors (Lipinski definition) is 1. The fourth-order valence-electron chi connectivity index (χ4n) is 2.18. The molecule has 1 saturated heterocycles. The summed E-state index contributed by atoms with van der Waals surface area (Å²) < 4.78 is 0. The van der Waals surface area contributed by atoms with Crippen molar-refractivity contribution in [3.8, 4) is 6.07 Å². The van der Waals surface area contributed by atoms with Crippen molar-refractivity contribution >= 4 is 23.6 Å². The number of nitriles is 1. The Bertz CT molecular complexity index is 568. The molecule has 0 saturated carbocycles. The van der Waals surface area contributed by atoms with Crippen molar-refractivity contribution in [3.05, 3.63) is 35.4 Å². The van der Waals surface area contributed by atoms with Crippen molar-refractivity contribution in [2.24, 2.45) is 0 Å². The Kier molecular flexibility index (Phi) is 4.64. The Hall–Kier alpha value is -2.00. The maximum atomic E-state index is 12.5. The van der Waals surface area contributed by atoms with Crippen molar-refractivity contribution in [2.45, 2.75) is 12.5 Å². The molecule has 1 unspecified atom stereocenters. The Morgan fingerprint density at radius 3 is 3.00 bits per heavy atom. The van der Waals surface area contributed by atoms with Crippen LogP contribution < -0.4 is 0 Å². The highest BCUT2D eigenvalue weighted by atomic mass is 32.2. The van der Waals surface area contributed by atoms with E-state index >= 15 is 0 Å². The molecule has 1 aromatic rings. The number of carbonyl (C=O) groups excluding carboxylic acids is 1. The minimum absolute atomic E-state index is 0.0450. The molecule has 6 heteroatoms. The average Bonchev–Trinajstić information content (AvgIpc) is 2.46. The molecule has 1 N–H and O–H groups in total. The molecular formula is C14H14N2O3S. The maximum Gasteiger partial charge on any atom is 0.305 e. The standard InChI is InChI=1S/C14H14N2O3S/c15-8-10-2-1-3-11(6-10)14(19)16-4-5-20-9-12(16)7-13(17)18/h1-3,6,12H,4-5,7,9H2,(H,17,18). The zero-order valence-corrected chi connectivity index (χ0v) is 11.6. The van der Waals surface area contributed by atoms with E-state index in [0.29, 0.717) is 23.4 Å². The van der Waals surface area contributed by atoms with E-state index in [1.807, 2.05) is 6.07 Å². The van der Waals surface area contributed by atoms with E-state index < -0.39 is 5.97 Å². The summed E-state index contributed by atoms with van der Waals surface area (Å²) in [4.78, 5) is 25.0.